The number of carbonyl (C=O) groups is 1. The molecule has 40 heavy (non-hydrogen) atoms. The predicted octanol–water partition coefficient (Wildman–Crippen LogP) is 9.94. The second-order valence-electron chi connectivity index (χ2n) is 14.0. The van der Waals surface area contributed by atoms with Crippen LogP contribution in [0.1, 0.15) is 84.6 Å². The van der Waals surface area contributed by atoms with Crippen LogP contribution in [0.3, 0.4) is 0 Å². The number of hydrogen-bond donors (Lipinski definition) is 0. The fourth-order valence-corrected chi connectivity index (χ4v) is 4.93. The van der Waals surface area contributed by atoms with Crippen molar-refractivity contribution in [2.45, 2.75) is 87.0 Å². The number of methoxy groups -OCH3 is 1. The first-order chi connectivity index (χ1) is 18.4. The van der Waals surface area contributed by atoms with Gasteiger partial charge in [0.15, 0.2) is 0 Å². The van der Waals surface area contributed by atoms with Crippen molar-refractivity contribution in [3.63, 3.8) is 0 Å². The number of benzene rings is 3. The maximum Gasteiger partial charge on any atom is 0.316 e. The highest BCUT2D eigenvalue weighted by Gasteiger charge is 2.29. The summed E-state index contributed by atoms with van der Waals surface area (Å²) >= 11 is 0. The van der Waals surface area contributed by atoms with Crippen molar-refractivity contribution in [2.75, 3.05) is 7.11 Å². The number of carbonyl (C=O) groups excluding carboxylic acids is 1. The summed E-state index contributed by atoms with van der Waals surface area (Å²) in [6, 6.07) is 16.9. The largest absolute Gasteiger partial charge is 0.497 e. The molecule has 0 radical (unpaired) electrons. The van der Waals surface area contributed by atoms with Gasteiger partial charge in [-0.25, -0.2) is 0 Å². The van der Waals surface area contributed by atoms with E-state index in [-0.39, 0.29) is 16.8 Å². The molecule has 0 N–H and O–H groups in total. The molecule has 0 spiro atoms. The monoisotopic (exact) mass is 540 g/mol. The fourth-order valence-electron chi connectivity index (χ4n) is 4.93. The SMILES string of the molecule is COc1ccc(-c2c(-c3cc(C)c(OC(=O)C(C)(C)C)c(C)c3)oc3c(C(C)(C)C)cc(C(C)(C)C)cc23)cc1. The van der Waals surface area contributed by atoms with E-state index < -0.39 is 5.41 Å². The normalized spacial score (nSPS) is 12.6. The number of hydrogen-bond acceptors (Lipinski definition) is 4. The minimum absolute atomic E-state index is 0.0332. The zero-order chi connectivity index (χ0) is 29.8. The summed E-state index contributed by atoms with van der Waals surface area (Å²) in [4.78, 5) is 12.7. The third-order valence-electron chi connectivity index (χ3n) is 7.37. The Kier molecular flexibility index (Phi) is 7.47. The molecule has 4 nitrogen and oxygen atoms in total. The van der Waals surface area contributed by atoms with Gasteiger partial charge in [0.2, 0.25) is 0 Å². The second-order valence-corrected chi connectivity index (χ2v) is 14.0. The van der Waals surface area contributed by atoms with E-state index >= 15 is 0 Å². The average molecular weight is 541 g/mol. The Morgan fingerprint density at radius 3 is 1.80 bits per heavy atom. The van der Waals surface area contributed by atoms with Gasteiger partial charge in [-0.1, -0.05) is 59.7 Å². The number of furan rings is 1. The van der Waals surface area contributed by atoms with Gasteiger partial charge in [0, 0.05) is 22.1 Å². The van der Waals surface area contributed by atoms with E-state index in [1.165, 1.54) is 11.1 Å². The van der Waals surface area contributed by atoms with Crippen molar-refractivity contribution in [2.24, 2.45) is 5.41 Å². The van der Waals surface area contributed by atoms with Gasteiger partial charge in [-0.15, -0.1) is 0 Å². The van der Waals surface area contributed by atoms with Crippen molar-refractivity contribution < 1.29 is 18.7 Å². The molecule has 212 valence electrons. The van der Waals surface area contributed by atoms with E-state index in [1.807, 2.05) is 46.8 Å². The first-order valence-corrected chi connectivity index (χ1v) is 14.0. The lowest BCUT2D eigenvalue weighted by atomic mass is 9.79. The van der Waals surface area contributed by atoms with Crippen molar-refractivity contribution in [1.82, 2.24) is 0 Å². The minimum atomic E-state index is -0.591. The molecule has 0 atom stereocenters. The van der Waals surface area contributed by atoms with Crippen LogP contribution in [0.15, 0.2) is 52.9 Å². The van der Waals surface area contributed by atoms with Gasteiger partial charge in [0.1, 0.15) is 22.8 Å². The van der Waals surface area contributed by atoms with Crippen molar-refractivity contribution in [1.29, 1.82) is 0 Å². The molecule has 1 heterocycles. The number of ether oxygens (including phenoxy) is 2. The molecule has 4 heteroatoms. The number of aryl methyl sites for hydroxylation is 2. The predicted molar refractivity (Wildman–Crippen MR) is 166 cm³/mol. The molecular weight excluding hydrogens is 496 g/mol. The third-order valence-corrected chi connectivity index (χ3v) is 7.37. The Labute approximate surface area is 239 Å². The number of esters is 1. The molecule has 0 saturated heterocycles. The summed E-state index contributed by atoms with van der Waals surface area (Å²) in [5, 5.41) is 1.09. The van der Waals surface area contributed by atoms with Gasteiger partial charge in [-0.2, -0.15) is 0 Å². The number of rotatable bonds is 4. The zero-order valence-electron chi connectivity index (χ0n) is 26.3. The van der Waals surface area contributed by atoms with Crippen LogP contribution in [0, 0.1) is 19.3 Å². The standard InChI is InChI=1S/C36H44O4/c1-21-17-24(18-22(2)30(21)40-33(37)36(9,10)11)31-29(23-13-15-26(38-12)16-14-23)27-19-25(34(3,4)5)20-28(32(27)39-31)35(6,7)8/h13-20H,1-12H3. The molecule has 0 bridgehead atoms. The van der Waals surface area contributed by atoms with E-state index in [9.17, 15) is 4.79 Å². The highest BCUT2D eigenvalue weighted by molar-refractivity contribution is 6.03. The molecule has 4 aromatic rings. The molecule has 1 aromatic heterocycles. The van der Waals surface area contributed by atoms with E-state index in [0.717, 1.165) is 50.3 Å². The summed E-state index contributed by atoms with van der Waals surface area (Å²) < 4.78 is 18.2. The lowest BCUT2D eigenvalue weighted by Crippen LogP contribution is -2.26. The van der Waals surface area contributed by atoms with Gasteiger partial charge in [-0.3, -0.25) is 4.79 Å². The van der Waals surface area contributed by atoms with Crippen LogP contribution < -0.4 is 9.47 Å². The lowest BCUT2D eigenvalue weighted by Gasteiger charge is -2.25. The smallest absolute Gasteiger partial charge is 0.316 e. The van der Waals surface area contributed by atoms with Gasteiger partial charge in [-0.05, 0) is 98.0 Å². The molecule has 3 aromatic carbocycles. The van der Waals surface area contributed by atoms with Crippen molar-refractivity contribution in [3.8, 4) is 33.9 Å². The van der Waals surface area contributed by atoms with Crippen LogP contribution in [0.4, 0.5) is 0 Å². The molecule has 4 rings (SSSR count). The molecule has 0 amide bonds. The molecule has 0 saturated carbocycles. The Bertz CT molecular complexity index is 1540. The third kappa shape index (κ3) is 5.68. The van der Waals surface area contributed by atoms with E-state index in [0.29, 0.717) is 5.75 Å². The average Bonchev–Trinajstić information content (AvgIpc) is 3.23. The first kappa shape index (κ1) is 29.5. The summed E-state index contributed by atoms with van der Waals surface area (Å²) in [7, 11) is 1.68. The summed E-state index contributed by atoms with van der Waals surface area (Å²) in [5.74, 6) is 1.96. The Balaban J connectivity index is 2.05. The lowest BCUT2D eigenvalue weighted by molar-refractivity contribution is -0.143. The van der Waals surface area contributed by atoms with Crippen LogP contribution in [0.5, 0.6) is 11.5 Å². The molecule has 0 aliphatic carbocycles. The van der Waals surface area contributed by atoms with E-state index in [4.69, 9.17) is 13.9 Å². The molecule has 0 aliphatic rings. The van der Waals surface area contributed by atoms with Crippen LogP contribution in [-0.4, -0.2) is 13.1 Å². The highest BCUT2D eigenvalue weighted by atomic mass is 16.5. The van der Waals surface area contributed by atoms with Crippen LogP contribution in [-0.2, 0) is 15.6 Å². The summed E-state index contributed by atoms with van der Waals surface area (Å²) in [6.07, 6.45) is 0. The first-order valence-electron chi connectivity index (χ1n) is 14.0. The second kappa shape index (κ2) is 10.1. The van der Waals surface area contributed by atoms with Gasteiger partial charge in [0.25, 0.3) is 0 Å². The van der Waals surface area contributed by atoms with Crippen LogP contribution in [0.2, 0.25) is 0 Å². The van der Waals surface area contributed by atoms with Gasteiger partial charge in [0.05, 0.1) is 12.5 Å². The number of fused-ring (bicyclic) bond motifs is 1. The Hall–Kier alpha value is -3.53. The van der Waals surface area contributed by atoms with E-state index in [1.54, 1.807) is 7.11 Å². The Morgan fingerprint density at radius 1 is 0.750 bits per heavy atom. The maximum absolute atomic E-state index is 12.7. The van der Waals surface area contributed by atoms with Crippen molar-refractivity contribution in [3.05, 3.63) is 70.8 Å². The maximum atomic E-state index is 12.7. The molecule has 0 unspecified atom stereocenters. The van der Waals surface area contributed by atoms with Gasteiger partial charge >= 0.3 is 5.97 Å². The molecule has 0 fully saturated rings. The Morgan fingerprint density at radius 2 is 1.32 bits per heavy atom. The minimum Gasteiger partial charge on any atom is -0.497 e. The van der Waals surface area contributed by atoms with Crippen LogP contribution in [0.25, 0.3) is 33.4 Å². The summed E-state index contributed by atoms with van der Waals surface area (Å²) in [6.45, 7) is 23.0. The van der Waals surface area contributed by atoms with Crippen molar-refractivity contribution >= 4 is 16.9 Å². The fraction of sp³-hybridized carbons (Fsp3) is 0.417. The molecule has 0 aliphatic heterocycles. The topological polar surface area (TPSA) is 48.7 Å². The van der Waals surface area contributed by atoms with E-state index in [2.05, 4.69) is 77.9 Å². The van der Waals surface area contributed by atoms with Crippen LogP contribution >= 0.6 is 0 Å². The quantitative estimate of drug-likeness (QED) is 0.191. The summed E-state index contributed by atoms with van der Waals surface area (Å²) in [5.41, 5.74) is 7.43. The molecular formula is C36H44O4. The highest BCUT2D eigenvalue weighted by Crippen LogP contribution is 2.47. The zero-order valence-corrected chi connectivity index (χ0v) is 26.3. The van der Waals surface area contributed by atoms with Gasteiger partial charge < -0.3 is 13.9 Å².